The molecule has 0 aromatic heterocycles. The van der Waals surface area contributed by atoms with Crippen molar-refractivity contribution in [3.8, 4) is 0 Å². The van der Waals surface area contributed by atoms with Crippen molar-refractivity contribution in [3.63, 3.8) is 0 Å². The smallest absolute Gasteiger partial charge is 0.336 e. The van der Waals surface area contributed by atoms with Crippen molar-refractivity contribution in [1.82, 2.24) is 0 Å². The third-order valence-corrected chi connectivity index (χ3v) is 5.61. The highest BCUT2D eigenvalue weighted by Crippen LogP contribution is 2.51. The molecule has 0 spiro atoms. The topological polar surface area (TPSA) is 49.3 Å². The van der Waals surface area contributed by atoms with Gasteiger partial charge in [0.25, 0.3) is 0 Å². The van der Waals surface area contributed by atoms with E-state index in [0.29, 0.717) is 17.4 Å². The van der Waals surface area contributed by atoms with Crippen LogP contribution in [0.5, 0.6) is 0 Å². The van der Waals surface area contributed by atoms with E-state index in [1.54, 1.807) is 6.07 Å². The van der Waals surface area contributed by atoms with Crippen LogP contribution in [0, 0.1) is 12.8 Å². The highest BCUT2D eigenvalue weighted by atomic mass is 35.5. The summed E-state index contributed by atoms with van der Waals surface area (Å²) < 4.78 is 0. The van der Waals surface area contributed by atoms with Crippen molar-refractivity contribution in [2.75, 3.05) is 5.32 Å². The molecular weight excluding hydrogens is 322 g/mol. The van der Waals surface area contributed by atoms with Crippen molar-refractivity contribution >= 4 is 23.3 Å². The van der Waals surface area contributed by atoms with Gasteiger partial charge < -0.3 is 10.4 Å². The Morgan fingerprint density at radius 3 is 2.75 bits per heavy atom. The average molecular weight is 340 g/mol. The molecule has 0 bridgehead atoms. The van der Waals surface area contributed by atoms with Crippen molar-refractivity contribution < 1.29 is 9.90 Å². The molecule has 2 aromatic carbocycles. The first-order chi connectivity index (χ1) is 11.6. The van der Waals surface area contributed by atoms with E-state index in [9.17, 15) is 9.90 Å². The fourth-order valence-corrected chi connectivity index (χ4v) is 4.33. The van der Waals surface area contributed by atoms with Crippen LogP contribution < -0.4 is 5.32 Å². The van der Waals surface area contributed by atoms with Gasteiger partial charge in [-0.2, -0.15) is 0 Å². The van der Waals surface area contributed by atoms with E-state index in [-0.39, 0.29) is 6.04 Å². The number of fused-ring (bicyclic) bond motifs is 3. The Hall–Kier alpha value is -2.26. The van der Waals surface area contributed by atoms with Crippen LogP contribution in [0.15, 0.2) is 48.6 Å². The van der Waals surface area contributed by atoms with Gasteiger partial charge in [0, 0.05) is 16.6 Å². The lowest BCUT2D eigenvalue weighted by Gasteiger charge is -2.39. The minimum atomic E-state index is -0.893. The first kappa shape index (κ1) is 15.3. The molecule has 0 saturated heterocycles. The molecule has 0 amide bonds. The predicted molar refractivity (Wildman–Crippen MR) is 95.9 cm³/mol. The van der Waals surface area contributed by atoms with Crippen LogP contribution in [-0.4, -0.2) is 11.1 Å². The highest BCUT2D eigenvalue weighted by molar-refractivity contribution is 6.31. The van der Waals surface area contributed by atoms with E-state index in [1.807, 2.05) is 31.2 Å². The lowest BCUT2D eigenvalue weighted by Crippen LogP contribution is -2.30. The summed E-state index contributed by atoms with van der Waals surface area (Å²) in [7, 11) is 0. The molecular formula is C20H18ClNO2. The normalized spacial score (nSPS) is 24.2. The maximum Gasteiger partial charge on any atom is 0.336 e. The summed E-state index contributed by atoms with van der Waals surface area (Å²) in [5, 5.41) is 13.8. The van der Waals surface area contributed by atoms with Gasteiger partial charge in [0.2, 0.25) is 0 Å². The summed E-state index contributed by atoms with van der Waals surface area (Å²) in [5.74, 6) is -0.202. The minimum Gasteiger partial charge on any atom is -0.478 e. The molecule has 0 saturated carbocycles. The Balaban J connectivity index is 1.87. The van der Waals surface area contributed by atoms with Gasteiger partial charge in [-0.05, 0) is 48.1 Å². The van der Waals surface area contributed by atoms with Crippen molar-refractivity contribution in [1.29, 1.82) is 0 Å². The quantitative estimate of drug-likeness (QED) is 0.742. The van der Waals surface area contributed by atoms with Crippen LogP contribution in [0.4, 0.5) is 5.69 Å². The standard InChI is InChI=1S/C20H18ClNO2/c1-11-12(20(23)24)9-10-15-13-6-4-7-14(13)19(22-18(11)15)16-5-2-3-8-17(16)21/h2-6,8-10,13-14,19,22H,7H2,1H3,(H,23,24)/t13-,14+,19-/m0/s1. The molecule has 3 atom stereocenters. The number of allylic oxidation sites excluding steroid dienone is 2. The molecule has 122 valence electrons. The van der Waals surface area contributed by atoms with Gasteiger partial charge in [-0.3, -0.25) is 0 Å². The second-order valence-electron chi connectivity index (χ2n) is 6.50. The van der Waals surface area contributed by atoms with Gasteiger partial charge in [0.05, 0.1) is 11.6 Å². The van der Waals surface area contributed by atoms with E-state index in [4.69, 9.17) is 11.6 Å². The first-order valence-corrected chi connectivity index (χ1v) is 8.50. The molecule has 2 aromatic rings. The molecule has 4 heteroatoms. The first-order valence-electron chi connectivity index (χ1n) is 8.12. The lowest BCUT2D eigenvalue weighted by atomic mass is 9.76. The second-order valence-corrected chi connectivity index (χ2v) is 6.91. The fraction of sp³-hybridized carbons (Fsp3) is 0.250. The SMILES string of the molecule is Cc1c(C(=O)O)ccc2c1N[C@H](c1ccccc1Cl)[C@@H]1CC=C[C@H]21. The summed E-state index contributed by atoms with van der Waals surface area (Å²) in [6.45, 7) is 1.87. The van der Waals surface area contributed by atoms with Crippen LogP contribution in [-0.2, 0) is 0 Å². The Morgan fingerprint density at radius 1 is 1.21 bits per heavy atom. The molecule has 1 aliphatic heterocycles. The van der Waals surface area contributed by atoms with Gasteiger partial charge in [-0.25, -0.2) is 4.79 Å². The molecule has 0 radical (unpaired) electrons. The molecule has 0 fully saturated rings. The number of carboxylic acids is 1. The number of nitrogens with one attached hydrogen (secondary N) is 1. The van der Waals surface area contributed by atoms with Crippen molar-refractivity contribution in [2.24, 2.45) is 5.92 Å². The molecule has 1 heterocycles. The maximum absolute atomic E-state index is 11.5. The highest BCUT2D eigenvalue weighted by Gasteiger charge is 2.39. The van der Waals surface area contributed by atoms with Crippen LogP contribution in [0.25, 0.3) is 0 Å². The van der Waals surface area contributed by atoms with Crippen LogP contribution in [0.2, 0.25) is 5.02 Å². The van der Waals surface area contributed by atoms with Gasteiger partial charge in [-0.15, -0.1) is 0 Å². The molecule has 2 aliphatic rings. The summed E-state index contributed by atoms with van der Waals surface area (Å²) in [6.07, 6.45) is 5.46. The van der Waals surface area contributed by atoms with Gasteiger partial charge >= 0.3 is 5.97 Å². The van der Waals surface area contributed by atoms with E-state index in [2.05, 4.69) is 23.5 Å². The predicted octanol–water partition coefficient (Wildman–Crippen LogP) is 5.17. The number of anilines is 1. The summed E-state index contributed by atoms with van der Waals surface area (Å²) in [6, 6.07) is 11.6. The fourth-order valence-electron chi connectivity index (χ4n) is 4.08. The lowest BCUT2D eigenvalue weighted by molar-refractivity contribution is 0.0696. The summed E-state index contributed by atoms with van der Waals surface area (Å²) >= 11 is 6.44. The third kappa shape index (κ3) is 2.23. The Morgan fingerprint density at radius 2 is 2.00 bits per heavy atom. The Kier molecular flexibility index (Phi) is 3.61. The number of hydrogen-bond acceptors (Lipinski definition) is 2. The van der Waals surface area contributed by atoms with Crippen LogP contribution >= 0.6 is 11.6 Å². The molecule has 1 aliphatic carbocycles. The molecule has 4 rings (SSSR count). The monoisotopic (exact) mass is 339 g/mol. The number of rotatable bonds is 2. The molecule has 0 unspecified atom stereocenters. The van der Waals surface area contributed by atoms with Crippen molar-refractivity contribution in [2.45, 2.75) is 25.3 Å². The Labute approximate surface area is 146 Å². The number of hydrogen-bond donors (Lipinski definition) is 2. The largest absolute Gasteiger partial charge is 0.478 e. The average Bonchev–Trinajstić information content (AvgIpc) is 3.05. The number of aromatic carboxylic acids is 1. The zero-order valence-electron chi connectivity index (χ0n) is 13.3. The van der Waals surface area contributed by atoms with E-state index in [0.717, 1.165) is 28.3 Å². The van der Waals surface area contributed by atoms with Gasteiger partial charge in [0.1, 0.15) is 0 Å². The molecule has 2 N–H and O–H groups in total. The number of carboxylic acid groups (broad SMARTS) is 1. The number of benzene rings is 2. The summed E-state index contributed by atoms with van der Waals surface area (Å²) in [5.41, 5.74) is 4.33. The zero-order valence-corrected chi connectivity index (χ0v) is 14.0. The third-order valence-electron chi connectivity index (χ3n) is 5.27. The minimum absolute atomic E-state index is 0.0777. The number of halogens is 1. The Bertz CT molecular complexity index is 859. The van der Waals surface area contributed by atoms with E-state index < -0.39 is 5.97 Å². The van der Waals surface area contributed by atoms with E-state index >= 15 is 0 Å². The maximum atomic E-state index is 11.5. The number of carbonyl (C=O) groups is 1. The molecule has 3 nitrogen and oxygen atoms in total. The molecule has 24 heavy (non-hydrogen) atoms. The van der Waals surface area contributed by atoms with E-state index in [1.165, 1.54) is 5.56 Å². The zero-order chi connectivity index (χ0) is 16.8. The van der Waals surface area contributed by atoms with Gasteiger partial charge in [-0.1, -0.05) is 48.0 Å². The van der Waals surface area contributed by atoms with Crippen molar-refractivity contribution in [3.05, 3.63) is 75.8 Å². The van der Waals surface area contributed by atoms with Gasteiger partial charge in [0.15, 0.2) is 0 Å². The van der Waals surface area contributed by atoms with Crippen LogP contribution in [0.1, 0.15) is 45.4 Å². The summed E-state index contributed by atoms with van der Waals surface area (Å²) in [4.78, 5) is 11.5. The van der Waals surface area contributed by atoms with Crippen LogP contribution in [0.3, 0.4) is 0 Å². The second kappa shape index (κ2) is 5.67.